The van der Waals surface area contributed by atoms with Gasteiger partial charge in [-0.25, -0.2) is 4.98 Å². The highest BCUT2D eigenvalue weighted by molar-refractivity contribution is 6.05. The van der Waals surface area contributed by atoms with Crippen LogP contribution in [-0.4, -0.2) is 38.2 Å². The number of amides is 3. The van der Waals surface area contributed by atoms with Crippen LogP contribution < -0.4 is 10.6 Å². The van der Waals surface area contributed by atoms with Crippen LogP contribution in [0, 0.1) is 0 Å². The highest BCUT2D eigenvalue weighted by Crippen LogP contribution is 2.29. The lowest BCUT2D eigenvalue weighted by Crippen LogP contribution is -2.52. The number of rotatable bonds is 5. The van der Waals surface area contributed by atoms with Gasteiger partial charge in [0.25, 0.3) is 5.91 Å². The molecule has 0 bridgehead atoms. The number of aromatic nitrogens is 2. The molecule has 2 aliphatic heterocycles. The number of piperidine rings is 1. The molecule has 0 aliphatic carbocycles. The number of carbonyl (C=O) groups excluding carboxylic acids is 3. The number of hydrogen-bond acceptors (Lipinski definition) is 5. The predicted molar refractivity (Wildman–Crippen MR) is 97.7 cm³/mol. The van der Waals surface area contributed by atoms with Crippen molar-refractivity contribution in [2.24, 2.45) is 0 Å². The normalized spacial score (nSPS) is 19.2. The summed E-state index contributed by atoms with van der Waals surface area (Å²) in [6.07, 6.45) is 4.35. The van der Waals surface area contributed by atoms with Crippen LogP contribution >= 0.6 is 0 Å². The van der Waals surface area contributed by atoms with Crippen molar-refractivity contribution in [2.75, 3.05) is 5.32 Å². The molecule has 4 rings (SSSR count). The van der Waals surface area contributed by atoms with Gasteiger partial charge in [0.15, 0.2) is 0 Å². The van der Waals surface area contributed by atoms with Crippen LogP contribution in [0.15, 0.2) is 30.6 Å². The fourth-order valence-electron chi connectivity index (χ4n) is 3.66. The van der Waals surface area contributed by atoms with Crippen molar-refractivity contribution in [3.8, 4) is 0 Å². The van der Waals surface area contributed by atoms with Gasteiger partial charge in [0.1, 0.15) is 11.9 Å². The first-order valence-electron chi connectivity index (χ1n) is 9.08. The fourth-order valence-corrected chi connectivity index (χ4v) is 3.66. The van der Waals surface area contributed by atoms with Gasteiger partial charge < -0.3 is 14.8 Å². The van der Waals surface area contributed by atoms with Crippen molar-refractivity contribution in [3.63, 3.8) is 0 Å². The molecule has 1 aromatic carbocycles. The van der Waals surface area contributed by atoms with Crippen LogP contribution in [0.1, 0.15) is 41.5 Å². The molecular weight excluding hydrogens is 346 g/mol. The Morgan fingerprint density at radius 2 is 2.15 bits per heavy atom. The predicted octanol–water partition coefficient (Wildman–Crippen LogP) is 1.28. The second-order valence-corrected chi connectivity index (χ2v) is 6.75. The molecule has 2 N–H and O–H groups in total. The van der Waals surface area contributed by atoms with Crippen molar-refractivity contribution in [2.45, 2.75) is 45.4 Å². The Balaban J connectivity index is 1.47. The van der Waals surface area contributed by atoms with E-state index < -0.39 is 11.9 Å². The summed E-state index contributed by atoms with van der Waals surface area (Å²) >= 11 is 0. The number of imidazole rings is 1. The minimum absolute atomic E-state index is 0.160. The molecule has 1 saturated heterocycles. The molecule has 0 radical (unpaired) electrons. The number of aryl methyl sites for hydroxylation is 1. The zero-order valence-corrected chi connectivity index (χ0v) is 15.1. The second kappa shape index (κ2) is 6.86. The first-order chi connectivity index (χ1) is 13.1. The Bertz CT molecular complexity index is 920. The minimum atomic E-state index is -0.587. The molecule has 8 heteroatoms. The Morgan fingerprint density at radius 3 is 2.93 bits per heavy atom. The second-order valence-electron chi connectivity index (χ2n) is 6.75. The first kappa shape index (κ1) is 17.3. The average Bonchev–Trinajstić information content (AvgIpc) is 3.24. The lowest BCUT2D eigenvalue weighted by Gasteiger charge is -2.29. The van der Waals surface area contributed by atoms with Gasteiger partial charge in [-0.1, -0.05) is 0 Å². The van der Waals surface area contributed by atoms with E-state index in [4.69, 9.17) is 0 Å². The summed E-state index contributed by atoms with van der Waals surface area (Å²) in [5, 5.41) is 5.66. The van der Waals surface area contributed by atoms with E-state index in [9.17, 15) is 14.4 Å². The maximum Gasteiger partial charge on any atom is 0.255 e. The molecule has 1 fully saturated rings. The Morgan fingerprint density at radius 1 is 1.30 bits per heavy atom. The van der Waals surface area contributed by atoms with E-state index in [-0.39, 0.29) is 18.2 Å². The van der Waals surface area contributed by atoms with Crippen molar-refractivity contribution >= 4 is 23.4 Å². The van der Waals surface area contributed by atoms with E-state index >= 15 is 0 Å². The van der Waals surface area contributed by atoms with Crippen LogP contribution in [0.3, 0.4) is 0 Å². The number of imide groups is 1. The van der Waals surface area contributed by atoms with Crippen LogP contribution in [-0.2, 0) is 29.2 Å². The zero-order chi connectivity index (χ0) is 19.0. The van der Waals surface area contributed by atoms with Gasteiger partial charge in [0.05, 0.1) is 6.54 Å². The van der Waals surface area contributed by atoms with E-state index in [1.165, 1.54) is 0 Å². The molecule has 0 saturated carbocycles. The highest BCUT2D eigenvalue weighted by Gasteiger charge is 2.39. The van der Waals surface area contributed by atoms with Crippen molar-refractivity contribution in [1.82, 2.24) is 19.8 Å². The van der Waals surface area contributed by atoms with E-state index in [0.717, 1.165) is 23.6 Å². The van der Waals surface area contributed by atoms with Crippen LogP contribution in [0.2, 0.25) is 0 Å². The smallest absolute Gasteiger partial charge is 0.255 e. The van der Waals surface area contributed by atoms with E-state index in [2.05, 4.69) is 27.1 Å². The number of hydrogen-bond donors (Lipinski definition) is 2. The Hall–Kier alpha value is -3.16. The summed E-state index contributed by atoms with van der Waals surface area (Å²) in [6, 6.07) is 5.01. The number of nitrogens with one attached hydrogen (secondary N) is 2. The molecule has 0 spiro atoms. The fraction of sp³-hybridized carbons (Fsp3) is 0.368. The number of anilines is 1. The first-order valence-corrected chi connectivity index (χ1v) is 9.08. The van der Waals surface area contributed by atoms with E-state index in [1.54, 1.807) is 17.2 Å². The van der Waals surface area contributed by atoms with E-state index in [1.807, 2.05) is 18.3 Å². The van der Waals surface area contributed by atoms with Crippen LogP contribution in [0.25, 0.3) is 0 Å². The third-order valence-electron chi connectivity index (χ3n) is 5.12. The monoisotopic (exact) mass is 367 g/mol. The molecule has 8 nitrogen and oxygen atoms in total. The van der Waals surface area contributed by atoms with Crippen LogP contribution in [0.5, 0.6) is 0 Å². The zero-order valence-electron chi connectivity index (χ0n) is 15.1. The number of carbonyl (C=O) groups is 3. The maximum absolute atomic E-state index is 12.7. The van der Waals surface area contributed by atoms with Gasteiger partial charge in [-0.2, -0.15) is 0 Å². The molecule has 3 amide bonds. The highest BCUT2D eigenvalue weighted by atomic mass is 16.2. The summed E-state index contributed by atoms with van der Waals surface area (Å²) in [6.45, 7) is 3.89. The van der Waals surface area contributed by atoms with Gasteiger partial charge in [-0.3, -0.25) is 19.7 Å². The van der Waals surface area contributed by atoms with Gasteiger partial charge in [-0.05, 0) is 37.1 Å². The number of nitrogens with zero attached hydrogens (tertiary/aromatic N) is 3. The Kier molecular flexibility index (Phi) is 4.39. The number of benzene rings is 1. The van der Waals surface area contributed by atoms with Gasteiger partial charge in [-0.15, -0.1) is 0 Å². The summed E-state index contributed by atoms with van der Waals surface area (Å²) < 4.78 is 2.06. The average molecular weight is 367 g/mol. The SMILES string of the molecule is CCn1ccnc1CNc1ccc2c(c1)CN(C1CCC(=O)NC1=O)C2=O. The quantitative estimate of drug-likeness (QED) is 0.776. The molecule has 2 aliphatic rings. The topological polar surface area (TPSA) is 96.3 Å². The molecule has 1 aromatic heterocycles. The molecule has 140 valence electrons. The van der Waals surface area contributed by atoms with Crippen molar-refractivity contribution in [3.05, 3.63) is 47.5 Å². The molecule has 1 unspecified atom stereocenters. The standard InChI is InChI=1S/C19H21N5O3/c1-2-23-8-7-20-16(23)10-21-13-3-4-14-12(9-13)11-24(19(14)27)15-5-6-17(25)22-18(15)26/h3-4,7-9,15,21H,2,5-6,10-11H2,1H3,(H,22,25,26). The largest absolute Gasteiger partial charge is 0.378 e. The summed E-state index contributed by atoms with van der Waals surface area (Å²) in [5.74, 6) is 0.112. The molecule has 2 aromatic rings. The molecule has 3 heterocycles. The van der Waals surface area contributed by atoms with Crippen molar-refractivity contribution in [1.29, 1.82) is 0 Å². The molecule has 1 atom stereocenters. The molecular formula is C19H21N5O3. The maximum atomic E-state index is 12.7. The van der Waals surface area contributed by atoms with Gasteiger partial charge in [0.2, 0.25) is 11.8 Å². The summed E-state index contributed by atoms with van der Waals surface area (Å²) in [4.78, 5) is 42.0. The van der Waals surface area contributed by atoms with Gasteiger partial charge in [0, 0.05) is 43.2 Å². The third-order valence-corrected chi connectivity index (χ3v) is 5.12. The van der Waals surface area contributed by atoms with Gasteiger partial charge >= 0.3 is 0 Å². The molecule has 27 heavy (non-hydrogen) atoms. The van der Waals surface area contributed by atoms with Crippen molar-refractivity contribution < 1.29 is 14.4 Å². The minimum Gasteiger partial charge on any atom is -0.378 e. The summed E-state index contributed by atoms with van der Waals surface area (Å²) in [7, 11) is 0. The Labute approximate surface area is 156 Å². The lowest BCUT2D eigenvalue weighted by atomic mass is 10.0. The lowest BCUT2D eigenvalue weighted by molar-refractivity contribution is -0.136. The number of fused-ring (bicyclic) bond motifs is 1. The third kappa shape index (κ3) is 3.18. The van der Waals surface area contributed by atoms with Crippen LogP contribution in [0.4, 0.5) is 5.69 Å². The van der Waals surface area contributed by atoms with E-state index in [0.29, 0.717) is 25.1 Å². The summed E-state index contributed by atoms with van der Waals surface area (Å²) in [5.41, 5.74) is 2.39.